The highest BCUT2D eigenvalue weighted by Gasteiger charge is 2.12. The van der Waals surface area contributed by atoms with E-state index in [1.54, 1.807) is 0 Å². The number of benzene rings is 1. The van der Waals surface area contributed by atoms with E-state index in [0.29, 0.717) is 12.3 Å². The van der Waals surface area contributed by atoms with E-state index >= 15 is 0 Å². The molecule has 110 valence electrons. The predicted molar refractivity (Wildman–Crippen MR) is 84.0 cm³/mol. The molecule has 0 aromatic heterocycles. The fourth-order valence-corrected chi connectivity index (χ4v) is 2.66. The van der Waals surface area contributed by atoms with Crippen LogP contribution in [0.4, 0.5) is 5.69 Å². The van der Waals surface area contributed by atoms with E-state index in [1.807, 2.05) is 0 Å². The molecule has 1 aliphatic rings. The topological polar surface area (TPSA) is 41.1 Å². The molecule has 1 amide bonds. The average molecular weight is 274 g/mol. The number of rotatable bonds is 6. The van der Waals surface area contributed by atoms with E-state index in [-0.39, 0.29) is 5.91 Å². The fourth-order valence-electron chi connectivity index (χ4n) is 2.66. The Hall–Kier alpha value is -1.51. The molecule has 3 nitrogen and oxygen atoms in total. The predicted octanol–water partition coefficient (Wildman–Crippen LogP) is 3.14. The molecule has 3 heteroatoms. The van der Waals surface area contributed by atoms with E-state index in [0.717, 1.165) is 32.4 Å². The zero-order chi connectivity index (χ0) is 14.4. The third-order valence-electron chi connectivity index (χ3n) is 4.11. The maximum atomic E-state index is 11.8. The van der Waals surface area contributed by atoms with Crippen LogP contribution in [0.25, 0.3) is 0 Å². The molecule has 1 atom stereocenters. The number of carbonyl (C=O) groups is 1. The molecular formula is C17H26N2O. The van der Waals surface area contributed by atoms with Crippen molar-refractivity contribution < 1.29 is 4.79 Å². The smallest absolute Gasteiger partial charge is 0.220 e. The van der Waals surface area contributed by atoms with Crippen LogP contribution in [0, 0.1) is 5.92 Å². The van der Waals surface area contributed by atoms with E-state index in [2.05, 4.69) is 42.7 Å². The summed E-state index contributed by atoms with van der Waals surface area (Å²) < 4.78 is 0. The van der Waals surface area contributed by atoms with Crippen LogP contribution >= 0.6 is 0 Å². The van der Waals surface area contributed by atoms with Gasteiger partial charge in [-0.1, -0.05) is 38.5 Å². The Morgan fingerprint density at radius 1 is 1.45 bits per heavy atom. The number of anilines is 1. The van der Waals surface area contributed by atoms with Crippen LogP contribution < -0.4 is 10.6 Å². The number of hydrogen-bond acceptors (Lipinski definition) is 2. The Labute approximate surface area is 122 Å². The number of nitrogens with one attached hydrogen (secondary N) is 2. The van der Waals surface area contributed by atoms with Crippen LogP contribution in [-0.4, -0.2) is 19.0 Å². The molecule has 2 rings (SSSR count). The van der Waals surface area contributed by atoms with Gasteiger partial charge < -0.3 is 10.6 Å². The monoisotopic (exact) mass is 274 g/mol. The number of hydrogen-bond donors (Lipinski definition) is 2. The summed E-state index contributed by atoms with van der Waals surface area (Å²) >= 11 is 0. The summed E-state index contributed by atoms with van der Waals surface area (Å²) in [7, 11) is 0. The molecule has 2 N–H and O–H groups in total. The highest BCUT2D eigenvalue weighted by atomic mass is 16.1. The van der Waals surface area contributed by atoms with Crippen molar-refractivity contribution in [3.8, 4) is 0 Å². The van der Waals surface area contributed by atoms with Gasteiger partial charge in [0.05, 0.1) is 0 Å². The molecule has 0 aliphatic carbocycles. The van der Waals surface area contributed by atoms with Crippen LogP contribution in [0.15, 0.2) is 18.2 Å². The molecule has 0 radical (unpaired) electrons. The third kappa shape index (κ3) is 3.99. The number of para-hydroxylation sites is 1. The maximum Gasteiger partial charge on any atom is 0.220 e. The van der Waals surface area contributed by atoms with Gasteiger partial charge in [-0.2, -0.15) is 0 Å². The summed E-state index contributed by atoms with van der Waals surface area (Å²) in [6.07, 6.45) is 4.98. The molecule has 0 spiro atoms. The lowest BCUT2D eigenvalue weighted by atomic mass is 9.98. The van der Waals surface area contributed by atoms with E-state index in [1.165, 1.54) is 23.2 Å². The normalized spacial score (nSPS) is 15.1. The van der Waals surface area contributed by atoms with E-state index in [9.17, 15) is 4.79 Å². The van der Waals surface area contributed by atoms with Crippen LogP contribution in [0.3, 0.4) is 0 Å². The lowest BCUT2D eigenvalue weighted by molar-refractivity contribution is -0.121. The van der Waals surface area contributed by atoms with Crippen LogP contribution in [0.5, 0.6) is 0 Å². The van der Waals surface area contributed by atoms with Crippen molar-refractivity contribution in [2.45, 2.75) is 46.0 Å². The van der Waals surface area contributed by atoms with Gasteiger partial charge in [0, 0.05) is 25.2 Å². The van der Waals surface area contributed by atoms with Crippen molar-refractivity contribution in [1.82, 2.24) is 5.32 Å². The minimum atomic E-state index is 0.178. The standard InChI is InChI=1S/C17H26N2O/c1-3-13(2)12-16(20)18-11-9-15-7-4-6-14-8-5-10-19-17(14)15/h4,6-7,13,19H,3,5,8-12H2,1-2H3,(H,18,20). The summed E-state index contributed by atoms with van der Waals surface area (Å²) in [5.74, 6) is 0.651. The van der Waals surface area contributed by atoms with Gasteiger partial charge in [0.2, 0.25) is 5.91 Å². The van der Waals surface area contributed by atoms with Gasteiger partial charge in [-0.3, -0.25) is 4.79 Å². The third-order valence-corrected chi connectivity index (χ3v) is 4.11. The number of aryl methyl sites for hydroxylation is 1. The molecule has 0 saturated heterocycles. The van der Waals surface area contributed by atoms with Gasteiger partial charge in [-0.15, -0.1) is 0 Å². The Morgan fingerprint density at radius 2 is 2.30 bits per heavy atom. The zero-order valence-electron chi connectivity index (χ0n) is 12.7. The molecule has 0 fully saturated rings. The average Bonchev–Trinajstić information content (AvgIpc) is 2.47. The van der Waals surface area contributed by atoms with Gasteiger partial charge in [0.25, 0.3) is 0 Å². The minimum Gasteiger partial charge on any atom is -0.385 e. The highest BCUT2D eigenvalue weighted by molar-refractivity contribution is 5.76. The van der Waals surface area contributed by atoms with Gasteiger partial charge in [0.1, 0.15) is 0 Å². The molecule has 1 aromatic carbocycles. The van der Waals surface area contributed by atoms with Crippen molar-refractivity contribution in [1.29, 1.82) is 0 Å². The molecular weight excluding hydrogens is 248 g/mol. The van der Waals surface area contributed by atoms with Gasteiger partial charge in [0.15, 0.2) is 0 Å². The van der Waals surface area contributed by atoms with Crippen molar-refractivity contribution in [2.24, 2.45) is 5.92 Å². The summed E-state index contributed by atoms with van der Waals surface area (Å²) in [6.45, 7) is 6.04. The molecule has 0 bridgehead atoms. The van der Waals surface area contributed by atoms with Crippen molar-refractivity contribution >= 4 is 11.6 Å². The molecule has 1 aliphatic heterocycles. The van der Waals surface area contributed by atoms with Crippen molar-refractivity contribution in [3.05, 3.63) is 29.3 Å². The molecule has 1 heterocycles. The Kier molecular flexibility index (Phi) is 5.45. The summed E-state index contributed by atoms with van der Waals surface area (Å²) in [4.78, 5) is 11.8. The van der Waals surface area contributed by atoms with Crippen LogP contribution in [0.1, 0.15) is 44.2 Å². The number of carbonyl (C=O) groups excluding carboxylic acids is 1. The van der Waals surface area contributed by atoms with Gasteiger partial charge in [-0.25, -0.2) is 0 Å². The molecule has 1 unspecified atom stereocenters. The van der Waals surface area contributed by atoms with Crippen LogP contribution in [0.2, 0.25) is 0 Å². The SMILES string of the molecule is CCC(C)CC(=O)NCCc1cccc2c1NCCC2. The first-order chi connectivity index (χ1) is 9.70. The molecule has 1 aromatic rings. The fraction of sp³-hybridized carbons (Fsp3) is 0.588. The van der Waals surface area contributed by atoms with E-state index < -0.39 is 0 Å². The first-order valence-corrected chi connectivity index (χ1v) is 7.82. The minimum absolute atomic E-state index is 0.178. The Bertz CT molecular complexity index is 456. The zero-order valence-corrected chi connectivity index (χ0v) is 12.7. The first kappa shape index (κ1) is 14.9. The largest absolute Gasteiger partial charge is 0.385 e. The number of amides is 1. The van der Waals surface area contributed by atoms with Gasteiger partial charge in [-0.05, 0) is 36.3 Å². The second kappa shape index (κ2) is 7.32. The lowest BCUT2D eigenvalue weighted by Crippen LogP contribution is -2.27. The lowest BCUT2D eigenvalue weighted by Gasteiger charge is -2.21. The number of fused-ring (bicyclic) bond motifs is 1. The molecule has 0 saturated carbocycles. The highest BCUT2D eigenvalue weighted by Crippen LogP contribution is 2.26. The van der Waals surface area contributed by atoms with Crippen molar-refractivity contribution in [3.63, 3.8) is 0 Å². The summed E-state index contributed by atoms with van der Waals surface area (Å²) in [5, 5.41) is 6.53. The van der Waals surface area contributed by atoms with Crippen LogP contribution in [-0.2, 0) is 17.6 Å². The first-order valence-electron chi connectivity index (χ1n) is 7.82. The second-order valence-electron chi connectivity index (χ2n) is 5.80. The summed E-state index contributed by atoms with van der Waals surface area (Å²) in [6, 6.07) is 6.49. The quantitative estimate of drug-likeness (QED) is 0.836. The van der Waals surface area contributed by atoms with E-state index in [4.69, 9.17) is 0 Å². The van der Waals surface area contributed by atoms with Crippen molar-refractivity contribution in [2.75, 3.05) is 18.4 Å². The maximum absolute atomic E-state index is 11.8. The Balaban J connectivity index is 1.84. The summed E-state index contributed by atoms with van der Waals surface area (Å²) in [5.41, 5.74) is 4.04. The molecule has 20 heavy (non-hydrogen) atoms. The second-order valence-corrected chi connectivity index (χ2v) is 5.80. The van der Waals surface area contributed by atoms with Gasteiger partial charge >= 0.3 is 0 Å². The Morgan fingerprint density at radius 3 is 3.10 bits per heavy atom.